The van der Waals surface area contributed by atoms with E-state index in [9.17, 15) is 4.79 Å². The van der Waals surface area contributed by atoms with E-state index in [1.54, 1.807) is 0 Å². The number of anilines is 1. The van der Waals surface area contributed by atoms with E-state index in [4.69, 9.17) is 0 Å². The molecule has 0 aromatic heterocycles. The van der Waals surface area contributed by atoms with E-state index in [1.165, 1.54) is 49.8 Å². The van der Waals surface area contributed by atoms with Crippen LogP contribution >= 0.6 is 0 Å². The molecule has 140 valence electrons. The Morgan fingerprint density at radius 1 is 1.00 bits per heavy atom. The minimum absolute atomic E-state index is 0.125. The maximum atomic E-state index is 13.0. The Morgan fingerprint density at radius 3 is 2.19 bits per heavy atom. The lowest BCUT2D eigenvalue weighted by atomic mass is 9.53. The largest absolute Gasteiger partial charge is 0.368 e. The molecule has 0 spiro atoms. The van der Waals surface area contributed by atoms with Crippen molar-refractivity contribution in [3.8, 4) is 0 Å². The summed E-state index contributed by atoms with van der Waals surface area (Å²) in [6.45, 7) is 5.65. The molecule has 2 amide bonds. The van der Waals surface area contributed by atoms with E-state index in [0.717, 1.165) is 43.9 Å². The summed E-state index contributed by atoms with van der Waals surface area (Å²) in [5.74, 6) is 2.62. The molecule has 1 aromatic carbocycles. The highest BCUT2D eigenvalue weighted by Gasteiger charge is 2.51. The molecule has 5 fully saturated rings. The summed E-state index contributed by atoms with van der Waals surface area (Å²) in [6, 6.07) is 8.87. The van der Waals surface area contributed by atoms with Crippen LogP contribution in [0.3, 0.4) is 0 Å². The highest BCUT2D eigenvalue weighted by atomic mass is 16.2. The summed E-state index contributed by atoms with van der Waals surface area (Å²) in [7, 11) is 0. The highest BCUT2D eigenvalue weighted by Crippen LogP contribution is 2.55. The third-order valence-electron chi connectivity index (χ3n) is 7.34. The van der Waals surface area contributed by atoms with Gasteiger partial charge >= 0.3 is 6.03 Å². The minimum atomic E-state index is 0.125. The summed E-state index contributed by atoms with van der Waals surface area (Å²) in [4.78, 5) is 17.4. The van der Waals surface area contributed by atoms with Crippen LogP contribution in [0.5, 0.6) is 0 Å². The minimum Gasteiger partial charge on any atom is -0.368 e. The predicted molar refractivity (Wildman–Crippen MR) is 104 cm³/mol. The number of amides is 2. The van der Waals surface area contributed by atoms with Gasteiger partial charge in [0.2, 0.25) is 0 Å². The van der Waals surface area contributed by atoms with Crippen molar-refractivity contribution >= 4 is 11.7 Å². The van der Waals surface area contributed by atoms with Crippen LogP contribution in [-0.2, 0) is 0 Å². The molecule has 4 aliphatic carbocycles. The van der Waals surface area contributed by atoms with Gasteiger partial charge in [0, 0.05) is 37.4 Å². The van der Waals surface area contributed by atoms with Crippen molar-refractivity contribution in [2.24, 2.45) is 17.8 Å². The number of nitrogens with zero attached hydrogens (tertiary/aromatic N) is 2. The predicted octanol–water partition coefficient (Wildman–Crippen LogP) is 3.80. The third kappa shape index (κ3) is 2.97. The Hall–Kier alpha value is -1.71. The number of nitrogens with one attached hydrogen (secondary N) is 1. The van der Waals surface area contributed by atoms with Gasteiger partial charge in [-0.05, 0) is 80.9 Å². The number of benzene rings is 1. The third-order valence-corrected chi connectivity index (χ3v) is 7.34. The highest BCUT2D eigenvalue weighted by molar-refractivity contribution is 5.75. The van der Waals surface area contributed by atoms with Gasteiger partial charge in [0.15, 0.2) is 0 Å². The summed E-state index contributed by atoms with van der Waals surface area (Å²) in [5.41, 5.74) is 2.70. The average molecular weight is 354 g/mol. The van der Waals surface area contributed by atoms with E-state index in [1.807, 2.05) is 4.90 Å². The Bertz CT molecular complexity index is 657. The molecule has 1 N–H and O–H groups in total. The van der Waals surface area contributed by atoms with E-state index >= 15 is 0 Å². The summed E-state index contributed by atoms with van der Waals surface area (Å²) in [6.07, 6.45) is 7.95. The van der Waals surface area contributed by atoms with Gasteiger partial charge in [-0.2, -0.15) is 0 Å². The zero-order valence-corrected chi connectivity index (χ0v) is 15.9. The Kier molecular flexibility index (Phi) is 3.91. The number of hydrogen-bond donors (Lipinski definition) is 1. The lowest BCUT2D eigenvalue weighted by molar-refractivity contribution is -0.0157. The molecular weight excluding hydrogens is 322 g/mol. The molecule has 26 heavy (non-hydrogen) atoms. The van der Waals surface area contributed by atoms with E-state index in [2.05, 4.69) is 41.4 Å². The van der Waals surface area contributed by atoms with Crippen LogP contribution in [0, 0.1) is 24.7 Å². The van der Waals surface area contributed by atoms with Crippen LogP contribution in [-0.4, -0.2) is 42.6 Å². The second-order valence-electron chi connectivity index (χ2n) is 9.44. The number of aryl methyl sites for hydroxylation is 1. The first-order valence-corrected chi connectivity index (χ1v) is 10.5. The molecular formula is C22H31N3O. The zero-order chi connectivity index (χ0) is 17.7. The van der Waals surface area contributed by atoms with E-state index < -0.39 is 0 Å². The number of hydrogen-bond acceptors (Lipinski definition) is 2. The number of carbonyl (C=O) groups excluding carboxylic acids is 1. The van der Waals surface area contributed by atoms with Crippen LogP contribution in [0.4, 0.5) is 10.5 Å². The van der Waals surface area contributed by atoms with Crippen LogP contribution in [0.15, 0.2) is 24.3 Å². The second-order valence-corrected chi connectivity index (χ2v) is 9.44. The second kappa shape index (κ2) is 6.17. The zero-order valence-electron chi connectivity index (χ0n) is 15.9. The molecule has 0 radical (unpaired) electrons. The van der Waals surface area contributed by atoms with Gasteiger partial charge in [0.25, 0.3) is 0 Å². The lowest BCUT2D eigenvalue weighted by Gasteiger charge is -2.57. The summed E-state index contributed by atoms with van der Waals surface area (Å²) in [5, 5.41) is 3.53. The van der Waals surface area contributed by atoms with Crippen molar-refractivity contribution in [1.29, 1.82) is 0 Å². The molecule has 4 nitrogen and oxygen atoms in total. The SMILES string of the molecule is Cc1cccc(N2CCN(C(=O)NC34CC5CC(CC(C5)C3)C4)CC2)c1. The summed E-state index contributed by atoms with van der Waals surface area (Å²) < 4.78 is 0. The van der Waals surface area contributed by atoms with E-state index in [-0.39, 0.29) is 11.6 Å². The quantitative estimate of drug-likeness (QED) is 0.878. The fraction of sp³-hybridized carbons (Fsp3) is 0.682. The first-order valence-electron chi connectivity index (χ1n) is 10.5. The standard InChI is InChI=1S/C22H31N3O/c1-16-3-2-4-20(9-16)24-5-7-25(8-6-24)21(26)23-22-13-17-10-18(14-22)12-19(11-17)15-22/h2-4,9,17-19H,5-8,10-15H2,1H3,(H,23,26). The van der Waals surface area contributed by atoms with Gasteiger partial charge in [-0.3, -0.25) is 0 Å². The number of piperazine rings is 1. The normalized spacial score (nSPS) is 35.7. The molecule has 1 aliphatic heterocycles. The smallest absolute Gasteiger partial charge is 0.317 e. The van der Waals surface area contributed by atoms with Crippen LogP contribution in [0.2, 0.25) is 0 Å². The molecule has 1 heterocycles. The molecule has 5 aliphatic rings. The molecule has 4 saturated carbocycles. The maximum Gasteiger partial charge on any atom is 0.317 e. The molecule has 0 unspecified atom stereocenters. The van der Waals surface area contributed by atoms with Crippen LogP contribution < -0.4 is 10.2 Å². The van der Waals surface area contributed by atoms with Crippen molar-refractivity contribution in [1.82, 2.24) is 10.2 Å². The van der Waals surface area contributed by atoms with Gasteiger partial charge in [-0.15, -0.1) is 0 Å². The topological polar surface area (TPSA) is 35.6 Å². The van der Waals surface area contributed by atoms with Crippen molar-refractivity contribution in [2.75, 3.05) is 31.1 Å². The maximum absolute atomic E-state index is 13.0. The molecule has 4 bridgehead atoms. The molecule has 0 atom stereocenters. The molecule has 6 rings (SSSR count). The fourth-order valence-electron chi connectivity index (χ4n) is 6.56. The van der Waals surface area contributed by atoms with Gasteiger partial charge in [-0.25, -0.2) is 4.79 Å². The van der Waals surface area contributed by atoms with Crippen molar-refractivity contribution < 1.29 is 4.79 Å². The Morgan fingerprint density at radius 2 is 1.62 bits per heavy atom. The monoisotopic (exact) mass is 353 g/mol. The molecule has 1 aromatic rings. The fourth-order valence-corrected chi connectivity index (χ4v) is 6.56. The molecule has 1 saturated heterocycles. The van der Waals surface area contributed by atoms with Gasteiger partial charge < -0.3 is 15.1 Å². The van der Waals surface area contributed by atoms with Crippen molar-refractivity contribution in [3.63, 3.8) is 0 Å². The van der Waals surface area contributed by atoms with Crippen LogP contribution in [0.25, 0.3) is 0 Å². The van der Waals surface area contributed by atoms with Gasteiger partial charge in [-0.1, -0.05) is 12.1 Å². The first-order chi connectivity index (χ1) is 12.6. The van der Waals surface area contributed by atoms with Crippen LogP contribution in [0.1, 0.15) is 44.1 Å². The number of carbonyl (C=O) groups is 1. The van der Waals surface area contributed by atoms with Crippen molar-refractivity contribution in [3.05, 3.63) is 29.8 Å². The molecule has 4 heteroatoms. The first kappa shape index (κ1) is 16.5. The van der Waals surface area contributed by atoms with Gasteiger partial charge in [0.05, 0.1) is 0 Å². The Labute approximate surface area is 156 Å². The van der Waals surface area contributed by atoms with E-state index in [0.29, 0.717) is 0 Å². The number of rotatable bonds is 2. The van der Waals surface area contributed by atoms with Gasteiger partial charge in [0.1, 0.15) is 0 Å². The van der Waals surface area contributed by atoms with Crippen molar-refractivity contribution in [2.45, 2.75) is 51.0 Å². The Balaban J connectivity index is 1.20. The number of urea groups is 1. The summed E-state index contributed by atoms with van der Waals surface area (Å²) >= 11 is 0. The lowest BCUT2D eigenvalue weighted by Crippen LogP contribution is -2.63. The average Bonchev–Trinajstić information content (AvgIpc) is 2.60.